The largest absolute Gasteiger partial charge is 0.493 e. The summed E-state index contributed by atoms with van der Waals surface area (Å²) in [6, 6.07) is 16.6. The van der Waals surface area contributed by atoms with Gasteiger partial charge in [-0.1, -0.05) is 30.3 Å². The van der Waals surface area contributed by atoms with Crippen LogP contribution in [0.3, 0.4) is 0 Å². The summed E-state index contributed by atoms with van der Waals surface area (Å²) in [5, 5.41) is 0. The number of halogens is 3. The van der Waals surface area contributed by atoms with Crippen molar-refractivity contribution in [2.24, 2.45) is 16.8 Å². The first-order chi connectivity index (χ1) is 30.5. The van der Waals surface area contributed by atoms with Crippen LogP contribution in [0.25, 0.3) is 0 Å². The van der Waals surface area contributed by atoms with Gasteiger partial charge in [0.2, 0.25) is 11.8 Å². The van der Waals surface area contributed by atoms with Crippen LogP contribution in [0.1, 0.15) is 59.5 Å². The summed E-state index contributed by atoms with van der Waals surface area (Å²) in [6.07, 6.45) is 4.04. The Kier molecular flexibility index (Phi) is 18.0. The standard InChI is InChI=1S/C20H25FN2O4.C16H18FNO4.C11H13NO2.ClH/c1-26-18-6-13-3-4-22-11-16(23-10-12(9-21)5-20(23)25)17(24)8-15(22)14(13)7-19(18)27-2;17-8-13-6-15(20)18(9-13)10-14(19)7-16(21)22-11-12-4-2-1-3-5-12;1-13-10-5-8-3-4-12-7-9(8)6-11(10)14-2;/h6-7,12,15-16H,3-5,8-11H2,1-2H3;1-5,13H,6-11H2;5-7H,3-4H2,1-2H3;1H/t12-,15+,16+;13-;;/m11../s1. The van der Waals surface area contributed by atoms with Crippen molar-refractivity contribution in [2.75, 3.05) is 81.1 Å². The zero-order chi connectivity index (χ0) is 45.0. The first-order valence-corrected chi connectivity index (χ1v) is 21.2. The number of rotatable bonds is 13. The Morgan fingerprint density at radius 1 is 0.734 bits per heavy atom. The van der Waals surface area contributed by atoms with E-state index in [4.69, 9.17) is 23.7 Å². The molecule has 346 valence electrons. The number of alkyl halides is 2. The number of amides is 2. The molecule has 0 bridgehead atoms. The van der Waals surface area contributed by atoms with E-state index < -0.39 is 31.1 Å². The van der Waals surface area contributed by atoms with Gasteiger partial charge in [0.25, 0.3) is 0 Å². The number of likely N-dealkylation sites (tertiary alicyclic amines) is 2. The van der Waals surface area contributed by atoms with Crippen molar-refractivity contribution in [3.8, 4) is 23.0 Å². The fourth-order valence-electron chi connectivity index (χ4n) is 8.62. The molecule has 64 heavy (non-hydrogen) atoms. The van der Waals surface area contributed by atoms with Gasteiger partial charge in [0.05, 0.1) is 48.3 Å². The number of esters is 1. The minimum absolute atomic E-state index is 0. The summed E-state index contributed by atoms with van der Waals surface area (Å²) in [4.78, 5) is 69.5. The number of methoxy groups -OCH3 is 4. The van der Waals surface area contributed by atoms with Gasteiger partial charge >= 0.3 is 5.97 Å². The molecule has 0 aromatic heterocycles. The minimum atomic E-state index is -0.623. The molecule has 0 unspecified atom stereocenters. The summed E-state index contributed by atoms with van der Waals surface area (Å²) in [5.41, 5.74) is 5.52. The summed E-state index contributed by atoms with van der Waals surface area (Å²) in [5.74, 6) is 0.998. The van der Waals surface area contributed by atoms with Crippen molar-refractivity contribution in [3.05, 3.63) is 82.4 Å². The zero-order valence-corrected chi connectivity index (χ0v) is 37.5. The fraction of sp³-hybridized carbons (Fsp3) is 0.489. The Labute approximate surface area is 378 Å². The van der Waals surface area contributed by atoms with Gasteiger partial charge in [-0.05, 0) is 64.9 Å². The highest BCUT2D eigenvalue weighted by atomic mass is 35.5. The molecule has 5 aliphatic heterocycles. The van der Waals surface area contributed by atoms with Crippen LogP contribution in [-0.2, 0) is 48.2 Å². The van der Waals surface area contributed by atoms with E-state index in [0.717, 1.165) is 54.1 Å². The summed E-state index contributed by atoms with van der Waals surface area (Å²) in [6.45, 7) is 1.66. The number of nitrogens with zero attached hydrogens (tertiary/aromatic N) is 4. The molecule has 0 radical (unpaired) electrons. The van der Waals surface area contributed by atoms with E-state index in [1.54, 1.807) is 33.3 Å². The molecule has 3 aromatic carbocycles. The number of carbonyl (C=O) groups is 5. The number of hydrogen-bond donors (Lipinski definition) is 0. The topological polar surface area (TPSA) is 154 Å². The van der Waals surface area contributed by atoms with Crippen molar-refractivity contribution in [1.82, 2.24) is 14.7 Å². The maximum Gasteiger partial charge on any atom is 0.313 e. The second-order valence-corrected chi connectivity index (χ2v) is 16.2. The Morgan fingerprint density at radius 3 is 2.00 bits per heavy atom. The molecule has 5 aliphatic rings. The fourth-order valence-corrected chi connectivity index (χ4v) is 8.62. The quantitative estimate of drug-likeness (QED) is 0.161. The van der Waals surface area contributed by atoms with Gasteiger partial charge < -0.3 is 33.5 Å². The van der Waals surface area contributed by atoms with E-state index in [1.165, 1.54) is 16.0 Å². The number of ether oxygens (including phenoxy) is 5. The molecular formula is C47H57ClF2N4O10. The number of fused-ring (bicyclic) bond motifs is 4. The Hall–Kier alpha value is -5.61. The minimum Gasteiger partial charge on any atom is -0.493 e. The second-order valence-electron chi connectivity index (χ2n) is 16.2. The number of ketones is 2. The zero-order valence-electron chi connectivity index (χ0n) is 36.7. The van der Waals surface area contributed by atoms with Crippen LogP contribution in [0.2, 0.25) is 0 Å². The van der Waals surface area contributed by atoms with Crippen LogP contribution < -0.4 is 18.9 Å². The molecule has 3 aromatic rings. The van der Waals surface area contributed by atoms with Crippen LogP contribution in [0.4, 0.5) is 8.78 Å². The molecule has 2 amide bonds. The molecule has 8 rings (SSSR count). The van der Waals surface area contributed by atoms with Gasteiger partial charge in [-0.3, -0.25) is 42.6 Å². The number of carbonyl (C=O) groups excluding carboxylic acids is 5. The Bertz CT molecular complexity index is 2160. The summed E-state index contributed by atoms with van der Waals surface area (Å²) >= 11 is 0. The SMILES string of the molecule is COc1cc2c(cc1OC)CCN=C2.COc1cc2c(cc1OC)[C@@H]1CC(=O)[C@@H](N3C[C@@H](CF)CC3=O)CN1CC2.Cl.O=C(CC(=O)OCc1ccccc1)CN1C[C@@H](CF)CC1=O. The maximum atomic E-state index is 13.0. The van der Waals surface area contributed by atoms with E-state index in [9.17, 15) is 32.8 Å². The van der Waals surface area contributed by atoms with E-state index in [2.05, 4.69) is 9.89 Å². The van der Waals surface area contributed by atoms with Crippen LogP contribution in [0.5, 0.6) is 23.0 Å². The smallest absolute Gasteiger partial charge is 0.313 e. The molecule has 5 heterocycles. The molecule has 0 saturated carbocycles. The molecule has 0 N–H and O–H groups in total. The van der Waals surface area contributed by atoms with Crippen LogP contribution in [0.15, 0.2) is 59.6 Å². The number of aliphatic imine (C=N–C) groups is 1. The lowest BCUT2D eigenvalue weighted by atomic mass is 9.84. The second kappa shape index (κ2) is 23.4. The van der Waals surface area contributed by atoms with Gasteiger partial charge in [-0.2, -0.15) is 0 Å². The number of Topliss-reactive ketones (excluding diaryl/α,β-unsaturated/α-hetero) is 2. The van der Waals surface area contributed by atoms with Gasteiger partial charge in [0, 0.05) is 76.1 Å². The summed E-state index contributed by atoms with van der Waals surface area (Å²) < 4.78 is 51.8. The highest BCUT2D eigenvalue weighted by Gasteiger charge is 2.44. The molecule has 3 saturated heterocycles. The third kappa shape index (κ3) is 12.1. The van der Waals surface area contributed by atoms with Crippen LogP contribution in [-0.4, -0.2) is 137 Å². The highest BCUT2D eigenvalue weighted by Crippen LogP contribution is 2.42. The molecule has 3 fully saturated rings. The van der Waals surface area contributed by atoms with Gasteiger partial charge in [-0.25, -0.2) is 0 Å². The molecule has 17 heteroatoms. The lowest BCUT2D eigenvalue weighted by Gasteiger charge is -2.45. The Morgan fingerprint density at radius 2 is 1.36 bits per heavy atom. The number of piperidine rings is 1. The van der Waals surface area contributed by atoms with Crippen molar-refractivity contribution in [3.63, 3.8) is 0 Å². The van der Waals surface area contributed by atoms with Gasteiger partial charge in [0.15, 0.2) is 34.6 Å². The predicted octanol–water partition coefficient (Wildman–Crippen LogP) is 5.37. The average molecular weight is 911 g/mol. The van der Waals surface area contributed by atoms with E-state index in [0.29, 0.717) is 31.0 Å². The maximum absolute atomic E-state index is 13.0. The van der Waals surface area contributed by atoms with Crippen molar-refractivity contribution in [2.45, 2.75) is 57.2 Å². The molecule has 4 atom stereocenters. The number of benzene rings is 3. The predicted molar refractivity (Wildman–Crippen MR) is 236 cm³/mol. The van der Waals surface area contributed by atoms with Crippen LogP contribution >= 0.6 is 12.4 Å². The van der Waals surface area contributed by atoms with Gasteiger partial charge in [0.1, 0.15) is 19.1 Å². The Balaban J connectivity index is 0.000000188. The van der Waals surface area contributed by atoms with Crippen LogP contribution in [0, 0.1) is 11.8 Å². The highest BCUT2D eigenvalue weighted by molar-refractivity contribution is 5.98. The third-order valence-corrected chi connectivity index (χ3v) is 12.0. The summed E-state index contributed by atoms with van der Waals surface area (Å²) in [7, 11) is 6.52. The van der Waals surface area contributed by atoms with Crippen molar-refractivity contribution >= 4 is 48.0 Å². The lowest BCUT2D eigenvalue weighted by molar-refractivity contribution is -0.148. The van der Waals surface area contributed by atoms with Crippen molar-refractivity contribution in [1.29, 1.82) is 0 Å². The monoisotopic (exact) mass is 910 g/mol. The first kappa shape index (κ1) is 49.4. The van der Waals surface area contributed by atoms with E-state index in [1.807, 2.05) is 60.8 Å². The lowest BCUT2D eigenvalue weighted by Crippen LogP contribution is -2.56. The molecular weight excluding hydrogens is 854 g/mol. The molecule has 14 nitrogen and oxygen atoms in total. The van der Waals surface area contributed by atoms with Crippen molar-refractivity contribution < 1.29 is 56.4 Å². The van der Waals surface area contributed by atoms with Gasteiger partial charge in [-0.15, -0.1) is 12.4 Å². The first-order valence-electron chi connectivity index (χ1n) is 21.2. The molecule has 0 aliphatic carbocycles. The number of hydrogen-bond acceptors (Lipinski definition) is 12. The normalized spacial score (nSPS) is 20.9. The third-order valence-electron chi connectivity index (χ3n) is 12.0. The van der Waals surface area contributed by atoms with E-state index >= 15 is 0 Å². The molecule has 0 spiro atoms. The average Bonchev–Trinajstić information content (AvgIpc) is 3.87. The van der Waals surface area contributed by atoms with E-state index in [-0.39, 0.29) is 86.8 Å².